The van der Waals surface area contributed by atoms with E-state index in [1.807, 2.05) is 76.2 Å². The average Bonchev–Trinajstić information content (AvgIpc) is 2.96. The van der Waals surface area contributed by atoms with E-state index in [2.05, 4.69) is 0 Å². The molecule has 0 bridgehead atoms. The Morgan fingerprint density at radius 1 is 0.444 bits per heavy atom. The fraction of sp³-hybridized carbons (Fsp3) is 0.200. The number of hydrogen-bond acceptors (Lipinski definition) is 5. The van der Waals surface area contributed by atoms with Gasteiger partial charge in [-0.05, 0) is 83.9 Å². The monoisotopic (exact) mass is 506 g/mol. The van der Waals surface area contributed by atoms with E-state index < -0.39 is 9.84 Å². The fourth-order valence-corrected chi connectivity index (χ4v) is 4.47. The molecule has 0 aliphatic rings. The van der Waals surface area contributed by atoms with Gasteiger partial charge in [0, 0.05) is 0 Å². The van der Waals surface area contributed by atoms with Gasteiger partial charge in [0.05, 0.1) is 24.0 Å². The molecule has 0 heterocycles. The van der Waals surface area contributed by atoms with Gasteiger partial charge in [-0.15, -0.1) is 0 Å². The minimum absolute atomic E-state index is 0.199. The third-order valence-electron chi connectivity index (χ3n) is 5.02. The first-order valence-corrected chi connectivity index (χ1v) is 13.4. The number of methoxy groups -OCH3 is 2. The Kier molecular flexibility index (Phi) is 11.0. The van der Waals surface area contributed by atoms with Gasteiger partial charge < -0.3 is 14.2 Å². The molecule has 0 spiro atoms. The number of ether oxygens (including phenoxy) is 3. The van der Waals surface area contributed by atoms with Gasteiger partial charge in [-0.3, -0.25) is 0 Å². The molecule has 0 saturated carbocycles. The Bertz CT molecular complexity index is 1280. The van der Waals surface area contributed by atoms with Crippen molar-refractivity contribution >= 4 is 9.84 Å². The maximum Gasteiger partial charge on any atom is 0.206 e. The van der Waals surface area contributed by atoms with Crippen LogP contribution in [0.2, 0.25) is 0 Å². The Labute approximate surface area is 215 Å². The Balaban J connectivity index is 0.00000109. The molecule has 0 radical (unpaired) electrons. The van der Waals surface area contributed by atoms with Crippen LogP contribution in [0.15, 0.2) is 107 Å². The molecule has 0 aliphatic carbocycles. The van der Waals surface area contributed by atoms with E-state index in [1.165, 1.54) is 19.2 Å². The second-order valence-corrected chi connectivity index (χ2v) is 8.95. The average molecular weight is 507 g/mol. The maximum atomic E-state index is 12.8. The normalized spacial score (nSPS) is 10.2. The van der Waals surface area contributed by atoms with Crippen LogP contribution in [0.4, 0.5) is 0 Å². The summed E-state index contributed by atoms with van der Waals surface area (Å²) in [5.41, 5.74) is 2.13. The topological polar surface area (TPSA) is 61.8 Å². The summed E-state index contributed by atoms with van der Waals surface area (Å²) in [6.07, 6.45) is 0. The van der Waals surface area contributed by atoms with Gasteiger partial charge in [0.25, 0.3) is 0 Å². The van der Waals surface area contributed by atoms with Gasteiger partial charge in [-0.25, -0.2) is 8.42 Å². The highest BCUT2D eigenvalue weighted by Crippen LogP contribution is 2.29. The molecule has 0 fully saturated rings. The van der Waals surface area contributed by atoms with E-state index in [0.717, 1.165) is 16.9 Å². The molecule has 6 heteroatoms. The molecule has 4 aromatic carbocycles. The first kappa shape index (κ1) is 28.5. The molecule has 5 nitrogen and oxygen atoms in total. The van der Waals surface area contributed by atoms with E-state index >= 15 is 0 Å². The molecule has 0 aromatic heterocycles. The number of sulfone groups is 1. The Morgan fingerprint density at radius 3 is 1.06 bits per heavy atom. The molecule has 0 amide bonds. The highest BCUT2D eigenvalue weighted by molar-refractivity contribution is 7.91. The minimum atomic E-state index is -3.61. The van der Waals surface area contributed by atoms with Gasteiger partial charge in [0.1, 0.15) is 23.0 Å². The number of rotatable bonds is 7. The van der Waals surface area contributed by atoms with Crippen molar-refractivity contribution in [3.8, 4) is 34.1 Å². The molecule has 190 valence electrons. The van der Waals surface area contributed by atoms with Crippen LogP contribution >= 0.6 is 0 Å². The zero-order valence-electron chi connectivity index (χ0n) is 21.7. The van der Waals surface area contributed by atoms with Crippen molar-refractivity contribution in [2.75, 3.05) is 14.2 Å². The lowest BCUT2D eigenvalue weighted by Crippen LogP contribution is -2.01. The highest BCUT2D eigenvalue weighted by Gasteiger charge is 2.17. The summed E-state index contributed by atoms with van der Waals surface area (Å²) in [5.74, 6) is 2.63. The van der Waals surface area contributed by atoms with Crippen LogP contribution in [0, 0.1) is 0 Å². The fourth-order valence-electron chi connectivity index (χ4n) is 3.21. The van der Waals surface area contributed by atoms with E-state index in [1.54, 1.807) is 43.5 Å². The molecule has 4 aromatic rings. The maximum absolute atomic E-state index is 12.8. The Morgan fingerprint density at radius 2 is 0.722 bits per heavy atom. The van der Waals surface area contributed by atoms with Crippen LogP contribution < -0.4 is 14.2 Å². The molecule has 0 unspecified atom stereocenters. The first-order chi connectivity index (χ1) is 17.5. The van der Waals surface area contributed by atoms with E-state index in [9.17, 15) is 8.42 Å². The summed E-state index contributed by atoms with van der Waals surface area (Å²) in [4.78, 5) is 0.408. The molecule has 36 heavy (non-hydrogen) atoms. The quantitative estimate of drug-likeness (QED) is 0.254. The molecule has 4 rings (SSSR count). The summed E-state index contributed by atoms with van der Waals surface area (Å²) < 4.78 is 41.8. The summed E-state index contributed by atoms with van der Waals surface area (Å²) in [6.45, 7) is 8.00. The summed E-state index contributed by atoms with van der Waals surface area (Å²) in [5, 5.41) is 0. The molecule has 0 saturated heterocycles. The van der Waals surface area contributed by atoms with Gasteiger partial charge in [0.15, 0.2) is 0 Å². The van der Waals surface area contributed by atoms with Crippen LogP contribution in [0.1, 0.15) is 27.7 Å². The molecular formula is C30H34O5S. The van der Waals surface area contributed by atoms with Crippen molar-refractivity contribution in [2.45, 2.75) is 37.5 Å². The van der Waals surface area contributed by atoms with Crippen molar-refractivity contribution < 1.29 is 22.6 Å². The van der Waals surface area contributed by atoms with Gasteiger partial charge in [-0.1, -0.05) is 52.0 Å². The first-order valence-electron chi connectivity index (χ1n) is 11.9. The van der Waals surface area contributed by atoms with Gasteiger partial charge in [0.2, 0.25) is 9.84 Å². The Hall–Kier alpha value is -3.77. The zero-order chi connectivity index (χ0) is 26.6. The predicted molar refractivity (Wildman–Crippen MR) is 146 cm³/mol. The lowest BCUT2D eigenvalue weighted by molar-refractivity contribution is 0.414. The van der Waals surface area contributed by atoms with E-state index in [0.29, 0.717) is 17.2 Å². The van der Waals surface area contributed by atoms with Gasteiger partial charge >= 0.3 is 0 Å². The van der Waals surface area contributed by atoms with Crippen molar-refractivity contribution in [1.82, 2.24) is 0 Å². The summed E-state index contributed by atoms with van der Waals surface area (Å²) in [6, 6.07) is 28.2. The van der Waals surface area contributed by atoms with Crippen molar-refractivity contribution in [3.63, 3.8) is 0 Å². The standard InChI is InChI=1S/C26H22O5S.2C2H6/c1-29-21-7-3-19(4-8-21)20-5-9-23(10-6-20)31-24-13-17-26(18-14-24)32(27,28)25-15-11-22(30-2)12-16-25;2*1-2/h3-18H,1-2H3;2*1-2H3. The van der Waals surface area contributed by atoms with Crippen LogP contribution in [0.5, 0.6) is 23.0 Å². The minimum Gasteiger partial charge on any atom is -0.497 e. The lowest BCUT2D eigenvalue weighted by Gasteiger charge is -2.09. The lowest BCUT2D eigenvalue weighted by atomic mass is 10.1. The zero-order valence-corrected chi connectivity index (χ0v) is 22.5. The number of benzene rings is 4. The van der Waals surface area contributed by atoms with Crippen molar-refractivity contribution in [3.05, 3.63) is 97.1 Å². The van der Waals surface area contributed by atoms with Crippen LogP contribution in [-0.2, 0) is 9.84 Å². The van der Waals surface area contributed by atoms with Crippen molar-refractivity contribution in [2.24, 2.45) is 0 Å². The second kappa shape index (κ2) is 14.0. The third-order valence-corrected chi connectivity index (χ3v) is 6.80. The smallest absolute Gasteiger partial charge is 0.206 e. The molecule has 0 N–H and O–H groups in total. The molecule has 0 aliphatic heterocycles. The largest absolute Gasteiger partial charge is 0.497 e. The molecule has 0 atom stereocenters. The third kappa shape index (κ3) is 7.12. The van der Waals surface area contributed by atoms with Crippen molar-refractivity contribution in [1.29, 1.82) is 0 Å². The SMILES string of the molecule is CC.CC.COc1ccc(-c2ccc(Oc3ccc(S(=O)(=O)c4ccc(OC)cc4)cc3)cc2)cc1. The van der Waals surface area contributed by atoms with E-state index in [-0.39, 0.29) is 9.79 Å². The number of hydrogen-bond donors (Lipinski definition) is 0. The van der Waals surface area contributed by atoms with Crippen LogP contribution in [0.25, 0.3) is 11.1 Å². The second-order valence-electron chi connectivity index (χ2n) is 7.01. The van der Waals surface area contributed by atoms with Crippen LogP contribution in [-0.4, -0.2) is 22.6 Å². The molecular weight excluding hydrogens is 472 g/mol. The summed E-state index contributed by atoms with van der Waals surface area (Å²) in [7, 11) is -0.437. The van der Waals surface area contributed by atoms with Crippen LogP contribution in [0.3, 0.4) is 0 Å². The predicted octanol–water partition coefficient (Wildman–Crippen LogP) is 8.05. The highest BCUT2D eigenvalue weighted by atomic mass is 32.2. The van der Waals surface area contributed by atoms with E-state index in [4.69, 9.17) is 14.2 Å². The summed E-state index contributed by atoms with van der Waals surface area (Å²) >= 11 is 0. The van der Waals surface area contributed by atoms with Gasteiger partial charge in [-0.2, -0.15) is 0 Å².